The second-order valence-electron chi connectivity index (χ2n) is 4.93. The molecule has 2 rings (SSSR count). The van der Waals surface area contributed by atoms with E-state index in [2.05, 4.69) is 10.3 Å². The maximum Gasteiger partial charge on any atom is 0.416 e. The Balaban J connectivity index is 2.11. The molecule has 2 nitrogen and oxygen atoms in total. The number of halogens is 3. The number of thioether (sulfide) groups is 1. The first-order valence-electron chi connectivity index (χ1n) is 7.01. The van der Waals surface area contributed by atoms with Crippen molar-refractivity contribution in [3.63, 3.8) is 0 Å². The first-order chi connectivity index (χ1) is 10.9. The minimum Gasteiger partial charge on any atom is -0.335 e. The Bertz CT molecular complexity index is 652. The Labute approximate surface area is 137 Å². The second-order valence-corrected chi connectivity index (χ2v) is 5.72. The Morgan fingerprint density at radius 2 is 1.65 bits per heavy atom. The average molecular weight is 338 g/mol. The van der Waals surface area contributed by atoms with Crippen molar-refractivity contribution in [1.29, 1.82) is 0 Å². The molecule has 0 aliphatic rings. The molecule has 0 spiro atoms. The molecule has 6 heteroatoms. The van der Waals surface area contributed by atoms with Gasteiger partial charge in [0.1, 0.15) is 0 Å². The maximum absolute atomic E-state index is 12.6. The summed E-state index contributed by atoms with van der Waals surface area (Å²) in [5.74, 6) is 0. The Kier molecular flexibility index (Phi) is 5.71. The lowest BCUT2D eigenvalue weighted by Gasteiger charge is -2.13. The van der Waals surface area contributed by atoms with Crippen LogP contribution in [0.3, 0.4) is 0 Å². The van der Waals surface area contributed by atoms with Crippen molar-refractivity contribution >= 4 is 22.6 Å². The molecule has 122 valence electrons. The summed E-state index contributed by atoms with van der Waals surface area (Å²) in [6.45, 7) is 1.97. The third kappa shape index (κ3) is 5.03. The predicted molar refractivity (Wildman–Crippen MR) is 90.9 cm³/mol. The molecular formula is C17H17F3N2S. The molecule has 0 aromatic heterocycles. The Morgan fingerprint density at radius 1 is 1.04 bits per heavy atom. The highest BCUT2D eigenvalue weighted by Gasteiger charge is 2.29. The smallest absolute Gasteiger partial charge is 0.335 e. The standard InChI is InChI=1S/C17H17F3N2S/c1-12(13-6-4-3-5-7-13)21-16(23-2)22-15-10-8-14(9-11-15)17(18,19)20/h3-12H,1-2H3,(H,21,22)/t12-/m0/s1. The lowest BCUT2D eigenvalue weighted by atomic mass is 10.1. The summed E-state index contributed by atoms with van der Waals surface area (Å²) in [7, 11) is 0. The van der Waals surface area contributed by atoms with Gasteiger partial charge in [-0.2, -0.15) is 13.2 Å². The normalized spacial score (nSPS) is 13.7. The summed E-state index contributed by atoms with van der Waals surface area (Å²) >= 11 is 1.41. The van der Waals surface area contributed by atoms with Crippen LogP contribution in [0.25, 0.3) is 0 Å². The van der Waals surface area contributed by atoms with Crippen LogP contribution in [0.5, 0.6) is 0 Å². The number of benzene rings is 2. The average Bonchev–Trinajstić information content (AvgIpc) is 2.54. The summed E-state index contributed by atoms with van der Waals surface area (Å²) in [4.78, 5) is 4.58. The van der Waals surface area contributed by atoms with Crippen LogP contribution in [-0.2, 0) is 6.18 Å². The van der Waals surface area contributed by atoms with Crippen LogP contribution >= 0.6 is 11.8 Å². The van der Waals surface area contributed by atoms with E-state index in [1.54, 1.807) is 0 Å². The number of rotatable bonds is 3. The number of nitrogens with one attached hydrogen (secondary N) is 1. The zero-order valence-electron chi connectivity index (χ0n) is 12.8. The number of nitrogens with zero attached hydrogens (tertiary/aromatic N) is 1. The molecule has 0 saturated heterocycles. The molecule has 0 fully saturated rings. The summed E-state index contributed by atoms with van der Waals surface area (Å²) < 4.78 is 37.7. The van der Waals surface area contributed by atoms with Gasteiger partial charge in [0.15, 0.2) is 5.17 Å². The Hall–Kier alpha value is -1.95. The Morgan fingerprint density at radius 3 is 2.17 bits per heavy atom. The van der Waals surface area contributed by atoms with Crippen LogP contribution in [0, 0.1) is 0 Å². The molecular weight excluding hydrogens is 321 g/mol. The zero-order valence-corrected chi connectivity index (χ0v) is 13.6. The van der Waals surface area contributed by atoms with E-state index in [0.29, 0.717) is 10.9 Å². The van der Waals surface area contributed by atoms with Crippen molar-refractivity contribution in [3.8, 4) is 0 Å². The lowest BCUT2D eigenvalue weighted by Crippen LogP contribution is -2.10. The summed E-state index contributed by atoms with van der Waals surface area (Å²) in [5, 5.41) is 3.71. The molecule has 0 heterocycles. The van der Waals surface area contributed by atoms with Gasteiger partial charge in [0, 0.05) is 5.69 Å². The van der Waals surface area contributed by atoms with E-state index >= 15 is 0 Å². The SMILES string of the molecule is CSC(=N[C@@H](C)c1ccccc1)Nc1ccc(C(F)(F)F)cc1. The molecule has 0 bridgehead atoms. The van der Waals surface area contributed by atoms with Gasteiger partial charge >= 0.3 is 6.18 Å². The van der Waals surface area contributed by atoms with E-state index in [1.807, 2.05) is 43.5 Å². The highest BCUT2D eigenvalue weighted by Crippen LogP contribution is 2.30. The van der Waals surface area contributed by atoms with Gasteiger partial charge in [0.2, 0.25) is 0 Å². The molecule has 2 aromatic carbocycles. The van der Waals surface area contributed by atoms with E-state index in [1.165, 1.54) is 23.9 Å². The predicted octanol–water partition coefficient (Wildman–Crippen LogP) is 5.60. The molecule has 23 heavy (non-hydrogen) atoms. The number of hydrogen-bond acceptors (Lipinski definition) is 2. The van der Waals surface area contributed by atoms with E-state index in [4.69, 9.17) is 0 Å². The monoisotopic (exact) mass is 338 g/mol. The lowest BCUT2D eigenvalue weighted by molar-refractivity contribution is -0.137. The van der Waals surface area contributed by atoms with Crippen molar-refractivity contribution < 1.29 is 13.2 Å². The van der Waals surface area contributed by atoms with Gasteiger partial charge in [-0.25, -0.2) is 0 Å². The molecule has 0 unspecified atom stereocenters. The maximum atomic E-state index is 12.6. The third-order valence-electron chi connectivity index (χ3n) is 3.25. The van der Waals surface area contributed by atoms with Gasteiger partial charge in [-0.3, -0.25) is 4.99 Å². The van der Waals surface area contributed by atoms with Crippen molar-refractivity contribution in [1.82, 2.24) is 0 Å². The molecule has 0 saturated carbocycles. The molecule has 0 radical (unpaired) electrons. The van der Waals surface area contributed by atoms with Gasteiger partial charge in [0.05, 0.1) is 11.6 Å². The zero-order chi connectivity index (χ0) is 16.9. The second kappa shape index (κ2) is 7.55. The van der Waals surface area contributed by atoms with Crippen LogP contribution in [0.4, 0.5) is 18.9 Å². The van der Waals surface area contributed by atoms with Gasteiger partial charge < -0.3 is 5.32 Å². The molecule has 0 aliphatic carbocycles. The van der Waals surface area contributed by atoms with Crippen molar-refractivity contribution in [2.24, 2.45) is 4.99 Å². The van der Waals surface area contributed by atoms with Crippen LogP contribution in [-0.4, -0.2) is 11.4 Å². The topological polar surface area (TPSA) is 24.4 Å². The minimum absolute atomic E-state index is 0.0411. The van der Waals surface area contributed by atoms with E-state index in [9.17, 15) is 13.2 Å². The van der Waals surface area contributed by atoms with E-state index < -0.39 is 11.7 Å². The summed E-state index contributed by atoms with van der Waals surface area (Å²) in [6, 6.07) is 14.7. The van der Waals surface area contributed by atoms with Crippen molar-refractivity contribution in [2.75, 3.05) is 11.6 Å². The molecule has 0 amide bonds. The van der Waals surface area contributed by atoms with Gasteiger partial charge in [-0.1, -0.05) is 42.1 Å². The van der Waals surface area contributed by atoms with Crippen molar-refractivity contribution in [2.45, 2.75) is 19.1 Å². The fourth-order valence-corrected chi connectivity index (χ4v) is 2.47. The minimum atomic E-state index is -4.32. The van der Waals surface area contributed by atoms with Crippen LogP contribution in [0.2, 0.25) is 0 Å². The molecule has 1 atom stereocenters. The highest BCUT2D eigenvalue weighted by molar-refractivity contribution is 8.13. The number of amidine groups is 1. The third-order valence-corrected chi connectivity index (χ3v) is 3.84. The summed E-state index contributed by atoms with van der Waals surface area (Å²) in [6.07, 6.45) is -2.45. The first-order valence-corrected chi connectivity index (χ1v) is 8.23. The van der Waals surface area contributed by atoms with Crippen LogP contribution in [0.15, 0.2) is 59.6 Å². The van der Waals surface area contributed by atoms with E-state index in [-0.39, 0.29) is 6.04 Å². The summed E-state index contributed by atoms with van der Waals surface area (Å²) in [5.41, 5.74) is 0.989. The quantitative estimate of drug-likeness (QED) is 0.582. The van der Waals surface area contributed by atoms with Crippen LogP contribution < -0.4 is 5.32 Å². The van der Waals surface area contributed by atoms with Gasteiger partial charge in [-0.05, 0) is 43.0 Å². The first kappa shape index (κ1) is 17.4. The largest absolute Gasteiger partial charge is 0.416 e. The number of hydrogen-bond donors (Lipinski definition) is 1. The number of aliphatic imine (C=N–C) groups is 1. The van der Waals surface area contributed by atoms with Gasteiger partial charge in [-0.15, -0.1) is 0 Å². The van der Waals surface area contributed by atoms with E-state index in [0.717, 1.165) is 17.7 Å². The fourth-order valence-electron chi connectivity index (χ4n) is 1.98. The number of alkyl halides is 3. The van der Waals surface area contributed by atoms with Crippen LogP contribution in [0.1, 0.15) is 24.1 Å². The molecule has 2 aromatic rings. The number of anilines is 1. The fraction of sp³-hybridized carbons (Fsp3) is 0.235. The highest BCUT2D eigenvalue weighted by atomic mass is 32.2. The van der Waals surface area contributed by atoms with Gasteiger partial charge in [0.25, 0.3) is 0 Å². The molecule has 0 aliphatic heterocycles. The van der Waals surface area contributed by atoms with Crippen molar-refractivity contribution in [3.05, 3.63) is 65.7 Å². The molecule has 1 N–H and O–H groups in total.